The minimum absolute atomic E-state index is 0.0520. The quantitative estimate of drug-likeness (QED) is 0.438. The van der Waals surface area contributed by atoms with Gasteiger partial charge in [-0.25, -0.2) is 9.99 Å². The SMILES string of the molecule is CCOc1ccc2nc(Cl)c([C@H]3CC(c4ccc(C)cc4)=NN3C(=O)C(C)(C)C)cc2c1. The first-order valence-corrected chi connectivity index (χ1v) is 11.3. The molecular formula is C26H28ClN3O2. The summed E-state index contributed by atoms with van der Waals surface area (Å²) in [5.74, 6) is 0.726. The first-order valence-electron chi connectivity index (χ1n) is 10.9. The van der Waals surface area contributed by atoms with Crippen molar-refractivity contribution in [3.8, 4) is 5.75 Å². The molecule has 0 saturated heterocycles. The Morgan fingerprint density at radius 2 is 1.88 bits per heavy atom. The number of amides is 1. The van der Waals surface area contributed by atoms with Gasteiger partial charge in [-0.1, -0.05) is 62.2 Å². The van der Waals surface area contributed by atoms with Crippen LogP contribution in [0.3, 0.4) is 0 Å². The van der Waals surface area contributed by atoms with Crippen molar-refractivity contribution in [3.05, 3.63) is 70.4 Å². The number of pyridine rings is 1. The molecule has 0 spiro atoms. The van der Waals surface area contributed by atoms with E-state index in [1.54, 1.807) is 5.01 Å². The van der Waals surface area contributed by atoms with Gasteiger partial charge in [0.2, 0.25) is 5.91 Å². The van der Waals surface area contributed by atoms with Crippen LogP contribution in [0.4, 0.5) is 0 Å². The van der Waals surface area contributed by atoms with Crippen LogP contribution >= 0.6 is 11.6 Å². The molecule has 1 atom stereocenters. The van der Waals surface area contributed by atoms with Crippen LogP contribution in [0.1, 0.15) is 56.8 Å². The Labute approximate surface area is 194 Å². The molecule has 0 N–H and O–H groups in total. The highest BCUT2D eigenvalue weighted by Gasteiger charge is 2.39. The van der Waals surface area contributed by atoms with Crippen molar-refractivity contribution in [1.82, 2.24) is 9.99 Å². The molecule has 32 heavy (non-hydrogen) atoms. The van der Waals surface area contributed by atoms with E-state index in [-0.39, 0.29) is 11.9 Å². The molecule has 0 fully saturated rings. The topological polar surface area (TPSA) is 54.8 Å². The Morgan fingerprint density at radius 1 is 1.16 bits per heavy atom. The number of hydrazone groups is 1. The predicted octanol–water partition coefficient (Wildman–Crippen LogP) is 6.32. The summed E-state index contributed by atoms with van der Waals surface area (Å²) in [4.78, 5) is 17.9. The van der Waals surface area contributed by atoms with Gasteiger partial charge in [-0.05, 0) is 43.7 Å². The van der Waals surface area contributed by atoms with Crippen molar-refractivity contribution in [1.29, 1.82) is 0 Å². The van der Waals surface area contributed by atoms with Crippen LogP contribution in [0.15, 0.2) is 53.6 Å². The van der Waals surface area contributed by atoms with Gasteiger partial charge >= 0.3 is 0 Å². The Bertz CT molecular complexity index is 1200. The summed E-state index contributed by atoms with van der Waals surface area (Å²) >= 11 is 6.65. The minimum atomic E-state index is -0.580. The molecule has 0 bridgehead atoms. The Morgan fingerprint density at radius 3 is 2.53 bits per heavy atom. The third-order valence-corrected chi connectivity index (χ3v) is 5.88. The number of carbonyl (C=O) groups is 1. The Hall–Kier alpha value is -2.92. The van der Waals surface area contributed by atoms with Crippen LogP contribution in [0.5, 0.6) is 5.75 Å². The second-order valence-corrected chi connectivity index (χ2v) is 9.55. The second kappa shape index (κ2) is 8.55. The predicted molar refractivity (Wildman–Crippen MR) is 129 cm³/mol. The number of carbonyl (C=O) groups excluding carboxylic acids is 1. The van der Waals surface area contributed by atoms with Crippen LogP contribution in [0, 0.1) is 12.3 Å². The normalized spacial score (nSPS) is 16.4. The maximum atomic E-state index is 13.3. The number of hydrogen-bond acceptors (Lipinski definition) is 4. The second-order valence-electron chi connectivity index (χ2n) is 9.19. The van der Waals surface area contributed by atoms with Gasteiger partial charge in [0.15, 0.2) is 0 Å². The average molecular weight is 450 g/mol. The van der Waals surface area contributed by atoms with Gasteiger partial charge in [-0.3, -0.25) is 4.79 Å². The third kappa shape index (κ3) is 4.35. The molecule has 6 heteroatoms. The van der Waals surface area contributed by atoms with Gasteiger partial charge in [0, 0.05) is 22.8 Å². The van der Waals surface area contributed by atoms with E-state index in [2.05, 4.69) is 24.0 Å². The zero-order chi connectivity index (χ0) is 23.0. The van der Waals surface area contributed by atoms with Crippen molar-refractivity contribution in [2.24, 2.45) is 10.5 Å². The van der Waals surface area contributed by atoms with Crippen molar-refractivity contribution < 1.29 is 9.53 Å². The van der Waals surface area contributed by atoms with Crippen LogP contribution in [-0.2, 0) is 4.79 Å². The number of aromatic nitrogens is 1. The number of aryl methyl sites for hydroxylation is 1. The summed E-state index contributed by atoms with van der Waals surface area (Å²) < 4.78 is 5.65. The van der Waals surface area contributed by atoms with E-state index in [9.17, 15) is 4.79 Å². The summed E-state index contributed by atoms with van der Waals surface area (Å²) in [5.41, 5.74) is 4.05. The Kier molecular flexibility index (Phi) is 5.95. The summed E-state index contributed by atoms with van der Waals surface area (Å²) in [7, 11) is 0. The van der Waals surface area contributed by atoms with Gasteiger partial charge in [0.25, 0.3) is 0 Å². The average Bonchev–Trinajstić information content (AvgIpc) is 3.18. The van der Waals surface area contributed by atoms with Crippen molar-refractivity contribution in [3.63, 3.8) is 0 Å². The zero-order valence-corrected chi connectivity index (χ0v) is 19.9. The molecule has 2 aromatic carbocycles. The lowest BCUT2D eigenvalue weighted by molar-refractivity contribution is -0.141. The van der Waals surface area contributed by atoms with E-state index < -0.39 is 5.41 Å². The van der Waals surface area contributed by atoms with Crippen LogP contribution < -0.4 is 4.74 Å². The summed E-state index contributed by atoms with van der Waals surface area (Å²) in [6.07, 6.45) is 0.572. The number of halogens is 1. The molecule has 1 aromatic heterocycles. The Balaban J connectivity index is 1.79. The molecule has 0 saturated carbocycles. The molecular weight excluding hydrogens is 422 g/mol. The summed E-state index contributed by atoms with van der Waals surface area (Å²) in [6, 6.07) is 15.6. The lowest BCUT2D eigenvalue weighted by atomic mass is 9.93. The maximum absolute atomic E-state index is 13.3. The molecule has 0 aliphatic carbocycles. The highest BCUT2D eigenvalue weighted by atomic mass is 35.5. The molecule has 166 valence electrons. The molecule has 1 amide bonds. The molecule has 1 aliphatic heterocycles. The number of benzene rings is 2. The highest BCUT2D eigenvalue weighted by Crippen LogP contribution is 2.39. The molecule has 2 heterocycles. The van der Waals surface area contributed by atoms with E-state index in [1.165, 1.54) is 5.56 Å². The van der Waals surface area contributed by atoms with Crippen LogP contribution in [-0.4, -0.2) is 28.2 Å². The third-order valence-electron chi connectivity index (χ3n) is 5.58. The number of nitrogens with zero attached hydrogens (tertiary/aromatic N) is 3. The van der Waals surface area contributed by atoms with Gasteiger partial charge in [-0.2, -0.15) is 5.10 Å². The zero-order valence-electron chi connectivity index (χ0n) is 19.1. The van der Waals surface area contributed by atoms with Crippen molar-refractivity contribution in [2.75, 3.05) is 6.61 Å². The van der Waals surface area contributed by atoms with Gasteiger partial charge in [0.05, 0.1) is 23.9 Å². The fourth-order valence-corrected chi connectivity index (χ4v) is 4.11. The highest BCUT2D eigenvalue weighted by molar-refractivity contribution is 6.30. The van der Waals surface area contributed by atoms with E-state index in [0.29, 0.717) is 18.2 Å². The lowest BCUT2D eigenvalue weighted by Gasteiger charge is -2.28. The van der Waals surface area contributed by atoms with E-state index >= 15 is 0 Å². The van der Waals surface area contributed by atoms with Gasteiger partial charge < -0.3 is 4.74 Å². The summed E-state index contributed by atoms with van der Waals surface area (Å²) in [5, 5.41) is 7.67. The maximum Gasteiger partial charge on any atom is 0.248 e. The lowest BCUT2D eigenvalue weighted by Crippen LogP contribution is -2.36. The minimum Gasteiger partial charge on any atom is -0.494 e. The summed E-state index contributed by atoms with van der Waals surface area (Å²) in [6.45, 7) is 10.3. The smallest absolute Gasteiger partial charge is 0.248 e. The first-order chi connectivity index (χ1) is 15.2. The number of rotatable bonds is 4. The monoisotopic (exact) mass is 449 g/mol. The molecule has 5 nitrogen and oxygen atoms in total. The van der Waals surface area contributed by atoms with Crippen molar-refractivity contribution in [2.45, 2.75) is 47.1 Å². The fraction of sp³-hybridized carbons (Fsp3) is 0.346. The number of ether oxygens (including phenoxy) is 1. The molecule has 4 rings (SSSR count). The van der Waals surface area contributed by atoms with Gasteiger partial charge in [0.1, 0.15) is 10.9 Å². The number of hydrogen-bond donors (Lipinski definition) is 0. The van der Waals surface area contributed by atoms with Gasteiger partial charge in [-0.15, -0.1) is 0 Å². The van der Waals surface area contributed by atoms with E-state index in [1.807, 2.05) is 64.1 Å². The molecule has 3 aromatic rings. The fourth-order valence-electron chi connectivity index (χ4n) is 3.84. The van der Waals surface area contributed by atoms with Crippen LogP contribution in [0.25, 0.3) is 10.9 Å². The van der Waals surface area contributed by atoms with Crippen molar-refractivity contribution >= 4 is 34.1 Å². The molecule has 1 aliphatic rings. The van der Waals surface area contributed by atoms with E-state index in [0.717, 1.165) is 33.5 Å². The van der Waals surface area contributed by atoms with E-state index in [4.69, 9.17) is 21.4 Å². The first kappa shape index (κ1) is 22.3. The molecule has 0 unspecified atom stereocenters. The largest absolute Gasteiger partial charge is 0.494 e. The number of fused-ring (bicyclic) bond motifs is 1. The standard InChI is InChI=1S/C26H28ClN3O2/c1-6-32-19-11-12-21-18(13-19)14-20(24(27)28-21)23-15-22(17-9-7-16(2)8-10-17)29-30(23)25(31)26(3,4)5/h7-14,23H,6,15H2,1-5H3/t23-/m1/s1. The molecule has 0 radical (unpaired) electrons. The van der Waals surface area contributed by atoms with Crippen LogP contribution in [0.2, 0.25) is 5.15 Å².